The van der Waals surface area contributed by atoms with E-state index in [0.717, 1.165) is 28.3 Å². The van der Waals surface area contributed by atoms with Crippen molar-refractivity contribution >= 4 is 5.69 Å². The number of aryl methyl sites for hydroxylation is 1. The summed E-state index contributed by atoms with van der Waals surface area (Å²) in [7, 11) is 0. The molecule has 0 aliphatic heterocycles. The van der Waals surface area contributed by atoms with Gasteiger partial charge in [-0.2, -0.15) is 10.4 Å². The predicted octanol–water partition coefficient (Wildman–Crippen LogP) is 3.20. The summed E-state index contributed by atoms with van der Waals surface area (Å²) in [4.78, 5) is 0. The van der Waals surface area contributed by atoms with Gasteiger partial charge in [-0.05, 0) is 43.2 Å². The standard InChI is InChI=1S/C20H20N4O/c1-15-19(13-21)20(24(23-15)18-5-3-2-4-6-18)14-22-17-9-7-16(8-10-17)11-12-25/h2-10,22,25H,11-12,14H2,1H3. The zero-order chi connectivity index (χ0) is 17.6. The summed E-state index contributed by atoms with van der Waals surface area (Å²) >= 11 is 0. The number of aromatic nitrogens is 2. The first-order chi connectivity index (χ1) is 12.2. The molecular weight excluding hydrogens is 312 g/mol. The van der Waals surface area contributed by atoms with Crippen LogP contribution in [0.15, 0.2) is 54.6 Å². The third-order valence-corrected chi connectivity index (χ3v) is 4.08. The van der Waals surface area contributed by atoms with Crippen LogP contribution in [0.3, 0.4) is 0 Å². The molecule has 126 valence electrons. The minimum Gasteiger partial charge on any atom is -0.396 e. The minimum absolute atomic E-state index is 0.147. The first-order valence-corrected chi connectivity index (χ1v) is 8.20. The number of anilines is 1. The Morgan fingerprint density at radius 1 is 1.12 bits per heavy atom. The third-order valence-electron chi connectivity index (χ3n) is 4.08. The fraction of sp³-hybridized carbons (Fsp3) is 0.200. The van der Waals surface area contributed by atoms with Crippen LogP contribution in [0.4, 0.5) is 5.69 Å². The van der Waals surface area contributed by atoms with Gasteiger partial charge in [0, 0.05) is 12.3 Å². The molecule has 1 aromatic heterocycles. The Kier molecular flexibility index (Phi) is 5.12. The molecular formula is C20H20N4O. The van der Waals surface area contributed by atoms with Crippen molar-refractivity contribution < 1.29 is 5.11 Å². The number of benzene rings is 2. The van der Waals surface area contributed by atoms with E-state index in [9.17, 15) is 5.26 Å². The molecule has 2 N–H and O–H groups in total. The molecule has 3 rings (SSSR count). The van der Waals surface area contributed by atoms with E-state index in [2.05, 4.69) is 16.5 Å². The molecule has 0 spiro atoms. The van der Waals surface area contributed by atoms with Crippen LogP contribution in [0.5, 0.6) is 0 Å². The van der Waals surface area contributed by atoms with Crippen LogP contribution >= 0.6 is 0 Å². The van der Waals surface area contributed by atoms with Crippen molar-refractivity contribution in [3.05, 3.63) is 77.1 Å². The maximum absolute atomic E-state index is 9.50. The van der Waals surface area contributed by atoms with Crippen LogP contribution in [0.2, 0.25) is 0 Å². The lowest BCUT2D eigenvalue weighted by atomic mass is 10.1. The molecule has 2 aromatic carbocycles. The number of nitrogens with one attached hydrogen (secondary N) is 1. The normalized spacial score (nSPS) is 10.4. The molecule has 0 radical (unpaired) electrons. The van der Waals surface area contributed by atoms with Crippen LogP contribution in [-0.2, 0) is 13.0 Å². The van der Waals surface area contributed by atoms with Gasteiger partial charge in [0.1, 0.15) is 6.07 Å². The van der Waals surface area contributed by atoms with Crippen molar-refractivity contribution in [1.82, 2.24) is 9.78 Å². The molecule has 3 aromatic rings. The molecule has 0 unspecified atom stereocenters. The maximum Gasteiger partial charge on any atom is 0.103 e. The first-order valence-electron chi connectivity index (χ1n) is 8.20. The number of hydrogen-bond acceptors (Lipinski definition) is 4. The monoisotopic (exact) mass is 332 g/mol. The first kappa shape index (κ1) is 16.7. The number of nitriles is 1. The largest absolute Gasteiger partial charge is 0.396 e. The Morgan fingerprint density at radius 3 is 2.48 bits per heavy atom. The number of hydrogen-bond donors (Lipinski definition) is 2. The van der Waals surface area contributed by atoms with Crippen molar-refractivity contribution in [2.75, 3.05) is 11.9 Å². The lowest BCUT2D eigenvalue weighted by Gasteiger charge is -2.10. The molecule has 0 saturated heterocycles. The SMILES string of the molecule is Cc1nn(-c2ccccc2)c(CNc2ccc(CCO)cc2)c1C#N. The van der Waals surface area contributed by atoms with Crippen molar-refractivity contribution in [2.24, 2.45) is 0 Å². The second-order valence-corrected chi connectivity index (χ2v) is 5.79. The highest BCUT2D eigenvalue weighted by Gasteiger charge is 2.15. The average Bonchev–Trinajstić information content (AvgIpc) is 2.97. The summed E-state index contributed by atoms with van der Waals surface area (Å²) in [6.07, 6.45) is 0.652. The highest BCUT2D eigenvalue weighted by Crippen LogP contribution is 2.20. The van der Waals surface area contributed by atoms with Gasteiger partial charge >= 0.3 is 0 Å². The molecule has 5 heteroatoms. The fourth-order valence-electron chi connectivity index (χ4n) is 2.77. The topological polar surface area (TPSA) is 73.9 Å². The van der Waals surface area contributed by atoms with Crippen molar-refractivity contribution in [3.8, 4) is 11.8 Å². The van der Waals surface area contributed by atoms with Crippen molar-refractivity contribution in [1.29, 1.82) is 5.26 Å². The summed E-state index contributed by atoms with van der Waals surface area (Å²) < 4.78 is 1.82. The summed E-state index contributed by atoms with van der Waals surface area (Å²) in [6.45, 7) is 2.50. The Balaban J connectivity index is 1.85. The van der Waals surface area contributed by atoms with Crippen LogP contribution < -0.4 is 5.32 Å². The van der Waals surface area contributed by atoms with Gasteiger partial charge in [0.25, 0.3) is 0 Å². The van der Waals surface area contributed by atoms with Crippen LogP contribution in [-0.4, -0.2) is 21.5 Å². The summed E-state index contributed by atoms with van der Waals surface area (Å²) in [6, 6.07) is 20.0. The predicted molar refractivity (Wildman–Crippen MR) is 97.6 cm³/mol. The second-order valence-electron chi connectivity index (χ2n) is 5.79. The van der Waals surface area contributed by atoms with Crippen molar-refractivity contribution in [2.45, 2.75) is 19.9 Å². The van der Waals surface area contributed by atoms with Gasteiger partial charge in [0.15, 0.2) is 0 Å². The number of para-hydroxylation sites is 1. The van der Waals surface area contributed by atoms with Crippen LogP contribution in [0, 0.1) is 18.3 Å². The molecule has 0 bridgehead atoms. The second kappa shape index (κ2) is 7.65. The molecule has 0 fully saturated rings. The zero-order valence-electron chi connectivity index (χ0n) is 14.1. The Bertz CT molecular complexity index is 877. The zero-order valence-corrected chi connectivity index (χ0v) is 14.1. The van der Waals surface area contributed by atoms with Gasteiger partial charge in [-0.25, -0.2) is 4.68 Å². The van der Waals surface area contributed by atoms with Gasteiger partial charge < -0.3 is 10.4 Å². The smallest absolute Gasteiger partial charge is 0.103 e. The minimum atomic E-state index is 0.147. The van der Waals surface area contributed by atoms with Gasteiger partial charge in [-0.15, -0.1) is 0 Å². The lowest BCUT2D eigenvalue weighted by molar-refractivity contribution is 0.299. The van der Waals surface area contributed by atoms with Crippen molar-refractivity contribution in [3.63, 3.8) is 0 Å². The van der Waals surface area contributed by atoms with E-state index in [1.807, 2.05) is 66.2 Å². The van der Waals surface area contributed by atoms with E-state index in [0.29, 0.717) is 18.5 Å². The highest BCUT2D eigenvalue weighted by atomic mass is 16.2. The number of aliphatic hydroxyl groups is 1. The lowest BCUT2D eigenvalue weighted by Crippen LogP contribution is -2.08. The van der Waals surface area contributed by atoms with Gasteiger partial charge in [-0.1, -0.05) is 30.3 Å². The molecule has 1 heterocycles. The number of aliphatic hydroxyl groups excluding tert-OH is 1. The van der Waals surface area contributed by atoms with Crippen LogP contribution in [0.1, 0.15) is 22.5 Å². The average molecular weight is 332 g/mol. The molecule has 0 atom stereocenters. The van der Waals surface area contributed by atoms with Gasteiger partial charge in [0.05, 0.1) is 29.2 Å². The third kappa shape index (κ3) is 3.70. The Labute approximate surface area is 147 Å². The highest BCUT2D eigenvalue weighted by molar-refractivity contribution is 5.48. The fourth-order valence-corrected chi connectivity index (χ4v) is 2.77. The van der Waals surface area contributed by atoms with Gasteiger partial charge in [0.2, 0.25) is 0 Å². The summed E-state index contributed by atoms with van der Waals surface area (Å²) in [5, 5.41) is 26.4. The van der Waals surface area contributed by atoms with Gasteiger partial charge in [-0.3, -0.25) is 0 Å². The van der Waals surface area contributed by atoms with E-state index in [4.69, 9.17) is 5.11 Å². The molecule has 5 nitrogen and oxygen atoms in total. The van der Waals surface area contributed by atoms with E-state index < -0.39 is 0 Å². The summed E-state index contributed by atoms with van der Waals surface area (Å²) in [5.74, 6) is 0. The van der Waals surface area contributed by atoms with E-state index in [1.165, 1.54) is 0 Å². The molecule has 25 heavy (non-hydrogen) atoms. The van der Waals surface area contributed by atoms with E-state index in [1.54, 1.807) is 0 Å². The van der Waals surface area contributed by atoms with E-state index in [-0.39, 0.29) is 6.61 Å². The Morgan fingerprint density at radius 2 is 1.84 bits per heavy atom. The summed E-state index contributed by atoms with van der Waals surface area (Å²) in [5.41, 5.74) is 5.16. The molecule has 0 aliphatic rings. The molecule has 0 saturated carbocycles. The number of nitrogens with zero attached hydrogens (tertiary/aromatic N) is 3. The quantitative estimate of drug-likeness (QED) is 0.727. The Hall–Kier alpha value is -3.10. The molecule has 0 aliphatic carbocycles. The van der Waals surface area contributed by atoms with Crippen LogP contribution in [0.25, 0.3) is 5.69 Å². The number of rotatable bonds is 6. The van der Waals surface area contributed by atoms with E-state index >= 15 is 0 Å². The maximum atomic E-state index is 9.50. The molecule has 0 amide bonds.